The van der Waals surface area contributed by atoms with Crippen LogP contribution in [0, 0.1) is 6.92 Å². The van der Waals surface area contributed by atoms with E-state index in [1.165, 1.54) is 5.56 Å². The van der Waals surface area contributed by atoms with E-state index in [1.54, 1.807) is 54.2 Å². The smallest absolute Gasteiger partial charge is 0.346 e. The molecule has 5 heteroatoms. The number of carbonyl (C=O) groups is 2. The van der Waals surface area contributed by atoms with Crippen LogP contribution in [0.1, 0.15) is 62.9 Å². The molecule has 0 spiro atoms. The summed E-state index contributed by atoms with van der Waals surface area (Å²) in [5.41, 5.74) is 3.43. The molecule has 1 atom stereocenters. The van der Waals surface area contributed by atoms with Gasteiger partial charge < -0.3 is 9.84 Å². The van der Waals surface area contributed by atoms with Crippen LogP contribution in [-0.2, 0) is 10.2 Å². The van der Waals surface area contributed by atoms with Crippen LogP contribution in [0.5, 0.6) is 5.75 Å². The van der Waals surface area contributed by atoms with Crippen molar-refractivity contribution in [3.05, 3.63) is 94.5 Å². The number of rotatable bonds is 3. The molecule has 1 aliphatic heterocycles. The molecular weight excluding hydrogens is 408 g/mol. The van der Waals surface area contributed by atoms with Gasteiger partial charge in [-0.2, -0.15) is 0 Å². The van der Waals surface area contributed by atoms with E-state index < -0.39 is 11.9 Å². The van der Waals surface area contributed by atoms with Crippen molar-refractivity contribution in [2.75, 3.05) is 0 Å². The highest BCUT2D eigenvalue weighted by atomic mass is 32.2. The van der Waals surface area contributed by atoms with Gasteiger partial charge in [0, 0.05) is 10.1 Å². The van der Waals surface area contributed by atoms with Gasteiger partial charge >= 0.3 is 11.9 Å². The average Bonchev–Trinajstić information content (AvgIpc) is 2.73. The largest absolute Gasteiger partial charge is 0.508 e. The van der Waals surface area contributed by atoms with Gasteiger partial charge in [0.05, 0.1) is 11.1 Å². The Balaban J connectivity index is 1.68. The summed E-state index contributed by atoms with van der Waals surface area (Å²) in [4.78, 5) is 26.5. The number of carbonyl (C=O) groups excluding carboxylic acids is 2. The Hall–Kier alpha value is -3.05. The summed E-state index contributed by atoms with van der Waals surface area (Å²) in [5.74, 6) is -1.08. The molecule has 0 bridgehead atoms. The van der Waals surface area contributed by atoms with Gasteiger partial charge in [-0.1, -0.05) is 56.3 Å². The molecule has 4 nitrogen and oxygen atoms in total. The van der Waals surface area contributed by atoms with Gasteiger partial charge in [0.25, 0.3) is 0 Å². The number of phenols is 1. The predicted octanol–water partition coefficient (Wildman–Crippen LogP) is 6.21. The Morgan fingerprint density at radius 2 is 1.74 bits per heavy atom. The number of aromatic hydroxyl groups is 1. The monoisotopic (exact) mass is 432 g/mol. The molecule has 0 fully saturated rings. The lowest BCUT2D eigenvalue weighted by atomic mass is 9.78. The number of aryl methyl sites for hydroxylation is 1. The van der Waals surface area contributed by atoms with Crippen LogP contribution in [0.4, 0.5) is 0 Å². The molecule has 0 amide bonds. The molecule has 1 aliphatic rings. The molecule has 1 unspecified atom stereocenters. The van der Waals surface area contributed by atoms with Gasteiger partial charge in [-0.15, -0.1) is 11.8 Å². The van der Waals surface area contributed by atoms with Crippen LogP contribution < -0.4 is 0 Å². The molecule has 4 rings (SSSR count). The Kier molecular flexibility index (Phi) is 5.63. The van der Waals surface area contributed by atoms with Gasteiger partial charge in [0.2, 0.25) is 0 Å². The highest BCUT2D eigenvalue weighted by Crippen LogP contribution is 2.53. The lowest BCUT2D eigenvalue weighted by molar-refractivity contribution is 0.0396. The first-order valence-electron chi connectivity index (χ1n) is 10.2. The second-order valence-electron chi connectivity index (χ2n) is 8.46. The molecular formula is C26H24O4S. The number of thioether (sulfide) groups is 1. The first-order chi connectivity index (χ1) is 14.8. The van der Waals surface area contributed by atoms with E-state index in [9.17, 15) is 14.7 Å². The minimum absolute atomic E-state index is 0.0152. The highest BCUT2D eigenvalue weighted by molar-refractivity contribution is 7.99. The van der Waals surface area contributed by atoms with Crippen LogP contribution >= 0.6 is 11.8 Å². The normalized spacial score (nSPS) is 16.9. The summed E-state index contributed by atoms with van der Waals surface area (Å²) in [7, 11) is 0. The third-order valence-corrected chi connectivity index (χ3v) is 7.01. The van der Waals surface area contributed by atoms with Crippen molar-refractivity contribution in [3.8, 4) is 5.75 Å². The van der Waals surface area contributed by atoms with Crippen LogP contribution in [0.2, 0.25) is 0 Å². The van der Waals surface area contributed by atoms with E-state index in [4.69, 9.17) is 4.74 Å². The van der Waals surface area contributed by atoms with Crippen LogP contribution in [-0.4, -0.2) is 17.0 Å². The number of ether oxygens (including phenoxy) is 1. The topological polar surface area (TPSA) is 63.6 Å². The minimum atomic E-state index is -0.660. The number of hydrogen-bond donors (Lipinski definition) is 1. The zero-order valence-electron chi connectivity index (χ0n) is 17.7. The molecule has 1 heterocycles. The lowest BCUT2D eigenvalue weighted by Crippen LogP contribution is -2.26. The number of benzene rings is 3. The van der Waals surface area contributed by atoms with E-state index in [0.717, 1.165) is 22.4 Å². The summed E-state index contributed by atoms with van der Waals surface area (Å²) in [6.07, 6.45) is 0.811. The molecule has 3 aromatic rings. The molecule has 0 saturated heterocycles. The third kappa shape index (κ3) is 4.23. The highest BCUT2D eigenvalue weighted by Gasteiger charge is 2.36. The lowest BCUT2D eigenvalue weighted by Gasteiger charge is -2.37. The van der Waals surface area contributed by atoms with Crippen molar-refractivity contribution in [1.82, 2.24) is 0 Å². The van der Waals surface area contributed by atoms with E-state index >= 15 is 0 Å². The van der Waals surface area contributed by atoms with Crippen molar-refractivity contribution in [3.63, 3.8) is 0 Å². The second kappa shape index (κ2) is 8.23. The Labute approximate surface area is 186 Å². The van der Waals surface area contributed by atoms with Crippen LogP contribution in [0.25, 0.3) is 0 Å². The minimum Gasteiger partial charge on any atom is -0.508 e. The molecule has 158 valence electrons. The Bertz CT molecular complexity index is 1150. The fraction of sp³-hybridized carbons (Fsp3) is 0.231. The average molecular weight is 433 g/mol. The molecule has 0 aromatic heterocycles. The molecule has 1 N–H and O–H groups in total. The molecule has 0 saturated carbocycles. The van der Waals surface area contributed by atoms with Gasteiger partial charge in [0.1, 0.15) is 5.75 Å². The van der Waals surface area contributed by atoms with E-state index in [0.29, 0.717) is 11.1 Å². The first-order valence-corrected chi connectivity index (χ1v) is 11.1. The fourth-order valence-electron chi connectivity index (χ4n) is 4.12. The molecule has 0 aliphatic carbocycles. The van der Waals surface area contributed by atoms with Gasteiger partial charge in [-0.05, 0) is 59.7 Å². The van der Waals surface area contributed by atoms with Gasteiger partial charge in [-0.3, -0.25) is 0 Å². The van der Waals surface area contributed by atoms with E-state index in [2.05, 4.69) is 13.8 Å². The maximum absolute atomic E-state index is 13.1. The van der Waals surface area contributed by atoms with Gasteiger partial charge in [0.15, 0.2) is 0 Å². The maximum Gasteiger partial charge on any atom is 0.346 e. The molecule has 0 radical (unpaired) electrons. The SMILES string of the molecule is Cc1cccc(C2CC(C)(C)c3ccc(O)cc3S2)c1C(=O)OC(=O)c1ccccc1. The van der Waals surface area contributed by atoms with Crippen LogP contribution in [0.3, 0.4) is 0 Å². The second-order valence-corrected chi connectivity index (χ2v) is 9.70. The zero-order chi connectivity index (χ0) is 22.2. The maximum atomic E-state index is 13.1. The van der Waals surface area contributed by atoms with E-state index in [1.807, 2.05) is 31.2 Å². The number of fused-ring (bicyclic) bond motifs is 1. The quantitative estimate of drug-likeness (QED) is 0.394. The summed E-state index contributed by atoms with van der Waals surface area (Å²) >= 11 is 1.63. The van der Waals surface area contributed by atoms with Crippen molar-refractivity contribution in [2.24, 2.45) is 0 Å². The van der Waals surface area contributed by atoms with Crippen LogP contribution in [0.15, 0.2) is 71.6 Å². The van der Waals surface area contributed by atoms with Crippen molar-refractivity contribution >= 4 is 23.7 Å². The summed E-state index contributed by atoms with van der Waals surface area (Å²) < 4.78 is 5.25. The number of phenolic OH excluding ortho intramolecular Hbond substituents is 1. The van der Waals surface area contributed by atoms with Crippen molar-refractivity contribution < 1.29 is 19.4 Å². The zero-order valence-corrected chi connectivity index (χ0v) is 18.5. The van der Waals surface area contributed by atoms with Crippen molar-refractivity contribution in [2.45, 2.75) is 42.8 Å². The Morgan fingerprint density at radius 1 is 1.00 bits per heavy atom. The van der Waals surface area contributed by atoms with Crippen molar-refractivity contribution in [1.29, 1.82) is 0 Å². The standard InChI is InChI=1S/C26H24O4S/c1-16-8-7-11-19(23(16)25(29)30-24(28)17-9-5-4-6-10-17)22-15-26(2,3)20-13-12-18(27)14-21(20)31-22/h4-14,22,27H,15H2,1-3H3. The Morgan fingerprint density at radius 3 is 2.48 bits per heavy atom. The molecule has 31 heavy (non-hydrogen) atoms. The number of hydrogen-bond acceptors (Lipinski definition) is 5. The number of esters is 2. The predicted molar refractivity (Wildman–Crippen MR) is 122 cm³/mol. The first kappa shape index (κ1) is 21.2. The molecule has 3 aromatic carbocycles. The summed E-state index contributed by atoms with van der Waals surface area (Å²) in [6, 6.07) is 19.7. The third-order valence-electron chi connectivity index (χ3n) is 5.71. The fourth-order valence-corrected chi connectivity index (χ4v) is 5.91. The van der Waals surface area contributed by atoms with Gasteiger partial charge in [-0.25, -0.2) is 9.59 Å². The summed E-state index contributed by atoms with van der Waals surface area (Å²) in [6.45, 7) is 6.19. The summed E-state index contributed by atoms with van der Waals surface area (Å²) in [5, 5.41) is 9.97. The van der Waals surface area contributed by atoms with E-state index in [-0.39, 0.29) is 16.4 Å².